The van der Waals surface area contributed by atoms with Crippen molar-refractivity contribution in [1.29, 1.82) is 0 Å². The van der Waals surface area contributed by atoms with Gasteiger partial charge in [0, 0.05) is 36.9 Å². The van der Waals surface area contributed by atoms with Crippen LogP contribution in [0.4, 0.5) is 0 Å². The Kier molecular flexibility index (Phi) is 6.75. The fraction of sp³-hybridized carbons (Fsp3) is 0.0189. The van der Waals surface area contributed by atoms with Gasteiger partial charge in [-0.15, -0.1) is 11.3 Å². The molecule has 8 aromatic carbocycles. The molecule has 2 heterocycles. The first kappa shape index (κ1) is 31.4. The second-order valence-corrected chi connectivity index (χ2v) is 15.9. The Labute approximate surface area is 329 Å². The molecule has 2 aliphatic carbocycles. The molecule has 0 bridgehead atoms. The lowest BCUT2D eigenvalue weighted by molar-refractivity contribution is 0.794. The Morgan fingerprint density at radius 2 is 0.857 bits per heavy atom. The first-order valence-corrected chi connectivity index (χ1v) is 20.0. The maximum atomic E-state index is 5.34. The Balaban J connectivity index is 1.04. The normalized spacial score (nSPS) is 13.1. The van der Waals surface area contributed by atoms with E-state index in [-0.39, 0.29) is 5.41 Å². The lowest BCUT2D eigenvalue weighted by Crippen LogP contribution is -2.25. The number of rotatable bonds is 4. The van der Waals surface area contributed by atoms with Crippen LogP contribution in [0.3, 0.4) is 0 Å². The molecule has 2 nitrogen and oxygen atoms in total. The van der Waals surface area contributed by atoms with Gasteiger partial charge in [0.1, 0.15) is 0 Å². The van der Waals surface area contributed by atoms with Gasteiger partial charge >= 0.3 is 0 Å². The van der Waals surface area contributed by atoms with E-state index in [0.29, 0.717) is 0 Å². The molecular formula is C53H32N2S. The Morgan fingerprint density at radius 1 is 0.339 bits per heavy atom. The average Bonchev–Trinajstić information content (AvgIpc) is 3.91. The molecule has 2 aliphatic rings. The fourth-order valence-corrected chi connectivity index (χ4v) is 10.7. The summed E-state index contributed by atoms with van der Waals surface area (Å²) in [6.45, 7) is 0. The zero-order valence-corrected chi connectivity index (χ0v) is 31.1. The summed E-state index contributed by atoms with van der Waals surface area (Å²) in [5.41, 5.74) is 17.6. The van der Waals surface area contributed by atoms with Crippen LogP contribution < -0.4 is 0 Å². The van der Waals surface area contributed by atoms with E-state index in [2.05, 4.69) is 194 Å². The third kappa shape index (κ3) is 4.43. The molecule has 3 heteroatoms. The molecule has 0 radical (unpaired) electrons. The number of nitrogens with zero attached hydrogens (tertiary/aromatic N) is 2. The van der Waals surface area contributed by atoms with Crippen molar-refractivity contribution in [2.24, 2.45) is 0 Å². The Bertz CT molecular complexity index is 3150. The van der Waals surface area contributed by atoms with Gasteiger partial charge in [-0.05, 0) is 86.0 Å². The molecular weight excluding hydrogens is 697 g/mol. The van der Waals surface area contributed by atoms with Gasteiger partial charge in [-0.25, -0.2) is 9.97 Å². The molecule has 2 aromatic heterocycles. The highest BCUT2D eigenvalue weighted by atomic mass is 32.1. The third-order valence-electron chi connectivity index (χ3n) is 11.9. The van der Waals surface area contributed by atoms with E-state index in [1.807, 2.05) is 11.3 Å². The summed E-state index contributed by atoms with van der Waals surface area (Å²) in [4.78, 5) is 10.6. The van der Waals surface area contributed by atoms with Crippen molar-refractivity contribution in [3.8, 4) is 67.3 Å². The standard InChI is InChI=1S/C53H32N2S/c1-2-14-33(15-3-1)48-32-49(55-52(54-48)43-23-13-22-42-41-21-7-11-27-50(41)56-51(42)43)36-17-12-16-34(30-36)35-28-29-40-39-20-6-10-26-46(39)53(47(40)31-35)44-24-8-4-18-37(44)38-19-5-9-25-45(38)53/h1-32H. The van der Waals surface area contributed by atoms with Crippen molar-refractivity contribution >= 4 is 31.5 Å². The van der Waals surface area contributed by atoms with E-state index in [4.69, 9.17) is 9.97 Å². The number of hydrogen-bond acceptors (Lipinski definition) is 3. The van der Waals surface area contributed by atoms with Gasteiger partial charge in [0.25, 0.3) is 0 Å². The summed E-state index contributed by atoms with van der Waals surface area (Å²) < 4.78 is 2.48. The molecule has 0 aliphatic heterocycles. The molecule has 0 atom stereocenters. The Hall–Kier alpha value is -6.94. The van der Waals surface area contributed by atoms with Gasteiger partial charge in [0.2, 0.25) is 0 Å². The lowest BCUT2D eigenvalue weighted by Gasteiger charge is -2.30. The molecule has 0 fully saturated rings. The van der Waals surface area contributed by atoms with Crippen LogP contribution in [0.2, 0.25) is 0 Å². The molecule has 0 amide bonds. The molecule has 0 unspecified atom stereocenters. The average molecular weight is 729 g/mol. The van der Waals surface area contributed by atoms with Gasteiger partial charge < -0.3 is 0 Å². The van der Waals surface area contributed by atoms with Crippen molar-refractivity contribution in [1.82, 2.24) is 9.97 Å². The zero-order chi connectivity index (χ0) is 36.8. The topological polar surface area (TPSA) is 25.8 Å². The minimum atomic E-state index is -0.382. The molecule has 12 rings (SSSR count). The van der Waals surface area contributed by atoms with Crippen molar-refractivity contribution < 1.29 is 0 Å². The maximum absolute atomic E-state index is 5.34. The van der Waals surface area contributed by atoms with Crippen LogP contribution in [-0.4, -0.2) is 9.97 Å². The monoisotopic (exact) mass is 728 g/mol. The second kappa shape index (κ2) is 12.0. The first-order valence-electron chi connectivity index (χ1n) is 19.2. The van der Waals surface area contributed by atoms with Gasteiger partial charge in [0.05, 0.1) is 16.8 Å². The minimum Gasteiger partial charge on any atom is -0.228 e. The zero-order valence-electron chi connectivity index (χ0n) is 30.3. The number of benzene rings is 8. The van der Waals surface area contributed by atoms with Crippen molar-refractivity contribution in [3.63, 3.8) is 0 Å². The maximum Gasteiger partial charge on any atom is 0.161 e. The molecule has 0 saturated heterocycles. The fourth-order valence-electron chi connectivity index (χ4n) is 9.53. The second-order valence-electron chi connectivity index (χ2n) is 14.8. The predicted octanol–water partition coefficient (Wildman–Crippen LogP) is 13.9. The Morgan fingerprint density at radius 3 is 1.59 bits per heavy atom. The minimum absolute atomic E-state index is 0.382. The molecule has 10 aromatic rings. The van der Waals surface area contributed by atoms with Crippen LogP contribution in [0.15, 0.2) is 194 Å². The number of fused-ring (bicyclic) bond motifs is 13. The van der Waals surface area contributed by atoms with Gasteiger partial charge in [-0.3, -0.25) is 0 Å². The van der Waals surface area contributed by atoms with Crippen molar-refractivity contribution in [2.75, 3.05) is 0 Å². The predicted molar refractivity (Wildman–Crippen MR) is 233 cm³/mol. The van der Waals surface area contributed by atoms with Crippen LogP contribution in [0, 0.1) is 0 Å². The first-order chi connectivity index (χ1) is 27.8. The number of aromatic nitrogens is 2. The van der Waals surface area contributed by atoms with Gasteiger partial charge in [-0.2, -0.15) is 0 Å². The van der Waals surface area contributed by atoms with Crippen LogP contribution >= 0.6 is 11.3 Å². The highest BCUT2D eigenvalue weighted by molar-refractivity contribution is 7.26. The van der Waals surface area contributed by atoms with Crippen molar-refractivity contribution in [3.05, 3.63) is 216 Å². The van der Waals surface area contributed by atoms with Gasteiger partial charge in [0.15, 0.2) is 5.82 Å². The molecule has 56 heavy (non-hydrogen) atoms. The van der Waals surface area contributed by atoms with E-state index in [9.17, 15) is 0 Å². The summed E-state index contributed by atoms with van der Waals surface area (Å²) in [5.74, 6) is 0.736. The van der Waals surface area contributed by atoms with Crippen molar-refractivity contribution in [2.45, 2.75) is 5.41 Å². The summed E-state index contributed by atoms with van der Waals surface area (Å²) >= 11 is 1.81. The molecule has 0 N–H and O–H groups in total. The van der Waals surface area contributed by atoms with Crippen LogP contribution in [0.25, 0.3) is 87.5 Å². The lowest BCUT2D eigenvalue weighted by atomic mass is 9.70. The largest absolute Gasteiger partial charge is 0.228 e. The van der Waals surface area contributed by atoms with E-state index in [1.165, 1.54) is 70.2 Å². The van der Waals surface area contributed by atoms with E-state index in [0.717, 1.165) is 39.5 Å². The quantitative estimate of drug-likeness (QED) is 0.180. The summed E-state index contributed by atoms with van der Waals surface area (Å²) in [6, 6.07) is 70.7. The number of thiophene rings is 1. The van der Waals surface area contributed by atoms with E-state index < -0.39 is 0 Å². The van der Waals surface area contributed by atoms with E-state index in [1.54, 1.807) is 0 Å². The summed E-state index contributed by atoms with van der Waals surface area (Å²) in [5, 5.41) is 2.51. The van der Waals surface area contributed by atoms with E-state index >= 15 is 0 Å². The van der Waals surface area contributed by atoms with Crippen LogP contribution in [0.5, 0.6) is 0 Å². The summed E-state index contributed by atoms with van der Waals surface area (Å²) in [7, 11) is 0. The SMILES string of the molecule is c1ccc(-c2cc(-c3cccc(-c4ccc5c(c4)C4(c6ccccc6-c6ccccc64)c4ccccc4-5)c3)nc(-c3cccc4c3sc3ccccc34)n2)cc1. The van der Waals surface area contributed by atoms with Crippen LogP contribution in [0.1, 0.15) is 22.3 Å². The third-order valence-corrected chi connectivity index (χ3v) is 13.1. The molecule has 1 spiro atoms. The number of hydrogen-bond donors (Lipinski definition) is 0. The highest BCUT2D eigenvalue weighted by Crippen LogP contribution is 2.63. The molecule has 260 valence electrons. The van der Waals surface area contributed by atoms with Crippen LogP contribution in [-0.2, 0) is 5.41 Å². The summed E-state index contributed by atoms with van der Waals surface area (Å²) in [6.07, 6.45) is 0. The highest BCUT2D eigenvalue weighted by Gasteiger charge is 2.51. The smallest absolute Gasteiger partial charge is 0.161 e. The van der Waals surface area contributed by atoms with Gasteiger partial charge in [-0.1, -0.05) is 164 Å². The molecule has 0 saturated carbocycles.